The second-order valence-electron chi connectivity index (χ2n) is 4.91. The molecule has 3 rings (SSSR count). The number of fused-ring (bicyclic) bond motifs is 1. The summed E-state index contributed by atoms with van der Waals surface area (Å²) in [5, 5.41) is 9.20. The first-order valence-electron chi connectivity index (χ1n) is 6.61. The highest BCUT2D eigenvalue weighted by molar-refractivity contribution is 5.85. The topological polar surface area (TPSA) is 64.3 Å². The van der Waals surface area contributed by atoms with E-state index in [4.69, 9.17) is 4.74 Å². The van der Waals surface area contributed by atoms with Crippen LogP contribution in [0.1, 0.15) is 33.5 Å². The minimum atomic E-state index is -0.963. The number of nitrogens with zero attached hydrogens (tertiary/aromatic N) is 2. The molecule has 2 heterocycles. The highest BCUT2D eigenvalue weighted by atomic mass is 16.5. The third-order valence-electron chi connectivity index (χ3n) is 3.72. The molecular formula is C15H16N2O3. The van der Waals surface area contributed by atoms with Crippen molar-refractivity contribution in [3.63, 3.8) is 0 Å². The van der Waals surface area contributed by atoms with Crippen molar-refractivity contribution in [3.05, 3.63) is 53.1 Å². The van der Waals surface area contributed by atoms with E-state index in [0.29, 0.717) is 19.0 Å². The lowest BCUT2D eigenvalue weighted by molar-refractivity contribution is 0.0291. The van der Waals surface area contributed by atoms with Crippen molar-refractivity contribution >= 4 is 5.97 Å². The number of carboxylic acid groups (broad SMARTS) is 1. The van der Waals surface area contributed by atoms with Gasteiger partial charge in [0.05, 0.1) is 19.3 Å². The van der Waals surface area contributed by atoms with Crippen molar-refractivity contribution in [2.75, 3.05) is 6.61 Å². The lowest BCUT2D eigenvalue weighted by Crippen LogP contribution is -2.22. The number of hydrogen-bond donors (Lipinski definition) is 1. The highest BCUT2D eigenvalue weighted by Crippen LogP contribution is 2.29. The molecule has 1 aliphatic heterocycles. The van der Waals surface area contributed by atoms with Crippen LogP contribution in [0.25, 0.3) is 0 Å². The molecule has 1 aromatic heterocycles. The Kier molecular flexibility index (Phi) is 3.28. The number of carbonyl (C=O) groups is 1. The van der Waals surface area contributed by atoms with Crippen LogP contribution in [0.3, 0.4) is 0 Å². The Morgan fingerprint density at radius 3 is 3.10 bits per heavy atom. The van der Waals surface area contributed by atoms with Crippen LogP contribution in [-0.4, -0.2) is 27.2 Å². The summed E-state index contributed by atoms with van der Waals surface area (Å²) in [5.74, 6) is -0.274. The highest BCUT2D eigenvalue weighted by Gasteiger charge is 2.23. The SMILES string of the molecule is Cc1ncc(C(=O)O)n1CC1OCCc2ccccc21. The summed E-state index contributed by atoms with van der Waals surface area (Å²) in [6, 6.07) is 8.15. The average Bonchev–Trinajstić information content (AvgIpc) is 2.81. The molecule has 0 bridgehead atoms. The minimum Gasteiger partial charge on any atom is -0.477 e. The van der Waals surface area contributed by atoms with Crippen molar-refractivity contribution in [2.45, 2.75) is 26.0 Å². The number of aryl methyl sites for hydroxylation is 1. The first-order valence-corrected chi connectivity index (χ1v) is 6.61. The smallest absolute Gasteiger partial charge is 0.354 e. The van der Waals surface area contributed by atoms with Crippen LogP contribution in [-0.2, 0) is 17.7 Å². The molecule has 1 unspecified atom stereocenters. The number of aromatic nitrogens is 2. The van der Waals surface area contributed by atoms with Gasteiger partial charge >= 0.3 is 5.97 Å². The average molecular weight is 272 g/mol. The van der Waals surface area contributed by atoms with Crippen molar-refractivity contribution in [2.24, 2.45) is 0 Å². The minimum absolute atomic E-state index is 0.119. The quantitative estimate of drug-likeness (QED) is 0.930. The maximum atomic E-state index is 11.2. The molecular weight excluding hydrogens is 256 g/mol. The fourth-order valence-electron chi connectivity index (χ4n) is 2.66. The fraction of sp³-hybridized carbons (Fsp3) is 0.333. The van der Waals surface area contributed by atoms with Crippen LogP contribution in [0.15, 0.2) is 30.5 Å². The lowest BCUT2D eigenvalue weighted by Gasteiger charge is -2.27. The molecule has 2 aromatic rings. The van der Waals surface area contributed by atoms with Crippen LogP contribution in [0.5, 0.6) is 0 Å². The zero-order valence-electron chi connectivity index (χ0n) is 11.2. The van der Waals surface area contributed by atoms with Crippen LogP contribution in [0, 0.1) is 6.92 Å². The summed E-state index contributed by atoms with van der Waals surface area (Å²) in [5.41, 5.74) is 2.62. The van der Waals surface area contributed by atoms with Crippen LogP contribution >= 0.6 is 0 Å². The molecule has 1 atom stereocenters. The van der Waals surface area contributed by atoms with Gasteiger partial charge in [-0.1, -0.05) is 24.3 Å². The van der Waals surface area contributed by atoms with Crippen LogP contribution < -0.4 is 0 Å². The maximum absolute atomic E-state index is 11.2. The Labute approximate surface area is 116 Å². The molecule has 1 N–H and O–H groups in total. The summed E-state index contributed by atoms with van der Waals surface area (Å²) in [6.07, 6.45) is 2.18. The van der Waals surface area contributed by atoms with E-state index in [9.17, 15) is 9.90 Å². The van der Waals surface area contributed by atoms with Crippen LogP contribution in [0.4, 0.5) is 0 Å². The standard InChI is InChI=1S/C15H16N2O3/c1-10-16-8-13(15(18)19)17(10)9-14-12-5-3-2-4-11(12)6-7-20-14/h2-5,8,14H,6-7,9H2,1H3,(H,18,19). The van der Waals surface area contributed by atoms with Gasteiger partial charge in [0.2, 0.25) is 0 Å². The van der Waals surface area contributed by atoms with Crippen molar-refractivity contribution in [1.29, 1.82) is 0 Å². The van der Waals surface area contributed by atoms with Gasteiger partial charge in [-0.2, -0.15) is 0 Å². The Hall–Kier alpha value is -2.14. The van der Waals surface area contributed by atoms with E-state index in [1.807, 2.05) is 18.2 Å². The van der Waals surface area contributed by atoms with Crippen LogP contribution in [0.2, 0.25) is 0 Å². The van der Waals surface area contributed by atoms with E-state index in [2.05, 4.69) is 11.1 Å². The summed E-state index contributed by atoms with van der Waals surface area (Å²) < 4.78 is 7.53. The monoisotopic (exact) mass is 272 g/mol. The first kappa shape index (κ1) is 12.9. The Morgan fingerprint density at radius 1 is 1.50 bits per heavy atom. The van der Waals surface area contributed by atoms with Gasteiger partial charge in [0.25, 0.3) is 0 Å². The van der Waals surface area contributed by atoms with E-state index < -0.39 is 5.97 Å². The van der Waals surface area contributed by atoms with Gasteiger partial charge in [-0.05, 0) is 24.5 Å². The van der Waals surface area contributed by atoms with Gasteiger partial charge in [0.15, 0.2) is 0 Å². The third-order valence-corrected chi connectivity index (χ3v) is 3.72. The van der Waals surface area contributed by atoms with Gasteiger partial charge in [0.1, 0.15) is 17.6 Å². The lowest BCUT2D eigenvalue weighted by atomic mass is 9.97. The Balaban J connectivity index is 1.93. The van der Waals surface area contributed by atoms with E-state index >= 15 is 0 Å². The predicted molar refractivity (Wildman–Crippen MR) is 72.8 cm³/mol. The van der Waals surface area contributed by atoms with Crippen molar-refractivity contribution < 1.29 is 14.6 Å². The molecule has 104 valence electrons. The van der Waals surface area contributed by atoms with E-state index in [1.165, 1.54) is 11.8 Å². The van der Waals surface area contributed by atoms with Gasteiger partial charge in [0, 0.05) is 0 Å². The molecule has 20 heavy (non-hydrogen) atoms. The fourth-order valence-corrected chi connectivity index (χ4v) is 2.66. The second-order valence-corrected chi connectivity index (χ2v) is 4.91. The summed E-state index contributed by atoms with van der Waals surface area (Å²) >= 11 is 0. The number of hydrogen-bond acceptors (Lipinski definition) is 3. The molecule has 0 saturated heterocycles. The third kappa shape index (κ3) is 2.20. The maximum Gasteiger partial charge on any atom is 0.354 e. The number of aromatic carboxylic acids is 1. The Morgan fingerprint density at radius 2 is 2.30 bits per heavy atom. The van der Waals surface area contributed by atoms with Gasteiger partial charge in [-0.25, -0.2) is 9.78 Å². The van der Waals surface area contributed by atoms with E-state index in [-0.39, 0.29) is 11.8 Å². The molecule has 0 amide bonds. The molecule has 5 nitrogen and oxygen atoms in total. The van der Waals surface area contributed by atoms with Gasteiger partial charge in [-0.15, -0.1) is 0 Å². The zero-order chi connectivity index (χ0) is 14.1. The van der Waals surface area contributed by atoms with Crippen molar-refractivity contribution in [1.82, 2.24) is 9.55 Å². The van der Waals surface area contributed by atoms with Gasteiger partial charge < -0.3 is 14.4 Å². The molecule has 5 heteroatoms. The van der Waals surface area contributed by atoms with Gasteiger partial charge in [-0.3, -0.25) is 0 Å². The number of carboxylic acids is 1. The molecule has 0 radical (unpaired) electrons. The number of rotatable bonds is 3. The van der Waals surface area contributed by atoms with E-state index in [1.54, 1.807) is 11.5 Å². The normalized spacial score (nSPS) is 17.8. The largest absolute Gasteiger partial charge is 0.477 e. The molecule has 1 aliphatic rings. The Bertz CT molecular complexity index is 648. The second kappa shape index (κ2) is 5.09. The summed E-state index contributed by atoms with van der Waals surface area (Å²) in [7, 11) is 0. The summed E-state index contributed by atoms with van der Waals surface area (Å²) in [4.78, 5) is 15.3. The number of benzene rings is 1. The molecule has 0 fully saturated rings. The molecule has 1 aromatic carbocycles. The van der Waals surface area contributed by atoms with Crippen molar-refractivity contribution in [3.8, 4) is 0 Å². The van der Waals surface area contributed by atoms with E-state index in [0.717, 1.165) is 12.0 Å². The molecule has 0 spiro atoms. The number of ether oxygens (including phenoxy) is 1. The first-order chi connectivity index (χ1) is 9.66. The predicted octanol–water partition coefficient (Wildman–Crippen LogP) is 2.20. The summed E-state index contributed by atoms with van der Waals surface area (Å²) in [6.45, 7) is 2.95. The molecule has 0 aliphatic carbocycles. The number of imidazole rings is 1. The molecule has 0 saturated carbocycles. The zero-order valence-corrected chi connectivity index (χ0v) is 11.2.